The van der Waals surface area contributed by atoms with Crippen molar-refractivity contribution in [1.29, 1.82) is 0 Å². The number of methoxy groups -OCH3 is 1. The van der Waals surface area contributed by atoms with E-state index in [4.69, 9.17) is 4.74 Å². The quantitative estimate of drug-likeness (QED) is 0.320. The number of rotatable bonds is 12. The second-order valence-electron chi connectivity index (χ2n) is 9.09. The van der Waals surface area contributed by atoms with Crippen molar-refractivity contribution in [3.63, 3.8) is 0 Å². The molecule has 0 fully saturated rings. The molecule has 0 radical (unpaired) electrons. The van der Waals surface area contributed by atoms with E-state index in [0.29, 0.717) is 18.5 Å². The molecule has 0 saturated carbocycles. The first-order valence-electron chi connectivity index (χ1n) is 12.1. The predicted molar refractivity (Wildman–Crippen MR) is 139 cm³/mol. The Hall–Kier alpha value is -3.61. The Bertz CT molecular complexity index is 1180. The molecule has 186 valence electrons. The Labute approximate surface area is 206 Å². The molecule has 3 aromatic rings. The van der Waals surface area contributed by atoms with Crippen molar-refractivity contribution in [3.05, 3.63) is 59.3 Å². The highest BCUT2D eigenvalue weighted by Crippen LogP contribution is 2.27. The number of carbonyl (C=O) groups is 3. The summed E-state index contributed by atoms with van der Waals surface area (Å²) >= 11 is 0. The molecule has 3 N–H and O–H groups in total. The van der Waals surface area contributed by atoms with Gasteiger partial charge in [-0.3, -0.25) is 9.59 Å². The summed E-state index contributed by atoms with van der Waals surface area (Å²) < 4.78 is 5.34. The Balaban J connectivity index is 1.70. The van der Waals surface area contributed by atoms with Crippen molar-refractivity contribution >= 4 is 34.2 Å². The lowest BCUT2D eigenvalue weighted by Gasteiger charge is -2.19. The molecule has 0 spiro atoms. The number of H-pyrrole nitrogens is 1. The van der Waals surface area contributed by atoms with Crippen LogP contribution in [0, 0.1) is 13.8 Å². The maximum Gasteiger partial charge on any atom is 0.246 e. The molecule has 0 aliphatic rings. The molecule has 35 heavy (non-hydrogen) atoms. The number of nitrogens with one attached hydrogen (secondary N) is 3. The van der Waals surface area contributed by atoms with Gasteiger partial charge in [-0.2, -0.15) is 0 Å². The zero-order chi connectivity index (χ0) is 25.4. The number of Topliss-reactive ketones (excluding diaryl/α,β-unsaturated/α-hetero) is 1. The van der Waals surface area contributed by atoms with E-state index in [1.54, 1.807) is 14.0 Å². The zero-order valence-corrected chi connectivity index (χ0v) is 21.0. The van der Waals surface area contributed by atoms with Crippen LogP contribution in [0.2, 0.25) is 0 Å². The van der Waals surface area contributed by atoms with Crippen LogP contribution in [0.25, 0.3) is 10.9 Å². The second kappa shape index (κ2) is 12.2. The van der Waals surface area contributed by atoms with Gasteiger partial charge in [0.25, 0.3) is 0 Å². The number of benzene rings is 2. The van der Waals surface area contributed by atoms with Gasteiger partial charge in [0.1, 0.15) is 17.6 Å². The largest absolute Gasteiger partial charge is 0.497 e. The molecular weight excluding hydrogens is 442 g/mol. The first-order valence-corrected chi connectivity index (χ1v) is 12.1. The van der Waals surface area contributed by atoms with Gasteiger partial charge in [-0.15, -0.1) is 0 Å². The fourth-order valence-electron chi connectivity index (χ4n) is 4.16. The molecule has 0 unspecified atom stereocenters. The molecule has 1 heterocycles. The van der Waals surface area contributed by atoms with Gasteiger partial charge in [0.05, 0.1) is 13.5 Å². The zero-order valence-electron chi connectivity index (χ0n) is 21.0. The van der Waals surface area contributed by atoms with Gasteiger partial charge in [0, 0.05) is 28.7 Å². The van der Waals surface area contributed by atoms with Crippen LogP contribution in [0.15, 0.2) is 42.5 Å². The number of hydrogen-bond acceptors (Lipinski definition) is 4. The van der Waals surface area contributed by atoms with Crippen LogP contribution in [0.1, 0.15) is 55.8 Å². The average Bonchev–Trinajstić information content (AvgIpc) is 3.13. The number of fused-ring (bicyclic) bond motifs is 1. The SMILES string of the molecule is COc1ccc2[nH]c(C)c(CC(=O)N[C@@H](CCCCCC(C)=O)C(=O)Nc3ccc(C)cc3)c2c1. The van der Waals surface area contributed by atoms with E-state index in [0.717, 1.165) is 52.7 Å². The lowest BCUT2D eigenvalue weighted by atomic mass is 10.0. The maximum absolute atomic E-state index is 13.1. The minimum atomic E-state index is -0.666. The number of hydrogen-bond donors (Lipinski definition) is 3. The van der Waals surface area contributed by atoms with Crippen LogP contribution in [0.3, 0.4) is 0 Å². The van der Waals surface area contributed by atoms with Crippen molar-refractivity contribution in [2.24, 2.45) is 0 Å². The smallest absolute Gasteiger partial charge is 0.246 e. The second-order valence-corrected chi connectivity index (χ2v) is 9.09. The van der Waals surface area contributed by atoms with Crippen molar-refractivity contribution in [2.45, 2.75) is 65.3 Å². The van der Waals surface area contributed by atoms with Gasteiger partial charge < -0.3 is 25.1 Å². The number of aryl methyl sites for hydroxylation is 2. The predicted octanol–water partition coefficient (Wildman–Crippen LogP) is 5.00. The van der Waals surface area contributed by atoms with Crippen molar-refractivity contribution in [1.82, 2.24) is 10.3 Å². The van der Waals surface area contributed by atoms with E-state index >= 15 is 0 Å². The molecule has 1 aromatic heterocycles. The molecule has 0 bridgehead atoms. The Morgan fingerprint density at radius 2 is 1.74 bits per heavy atom. The summed E-state index contributed by atoms with van der Waals surface area (Å²) in [5.41, 5.74) is 4.52. The lowest BCUT2D eigenvalue weighted by Crippen LogP contribution is -2.44. The number of ether oxygens (including phenoxy) is 1. The van der Waals surface area contributed by atoms with Crippen molar-refractivity contribution in [2.75, 3.05) is 12.4 Å². The Morgan fingerprint density at radius 3 is 2.43 bits per heavy atom. The van der Waals surface area contributed by atoms with Gasteiger partial charge in [-0.25, -0.2) is 0 Å². The number of amides is 2. The van der Waals surface area contributed by atoms with Crippen LogP contribution in [0.4, 0.5) is 5.69 Å². The highest BCUT2D eigenvalue weighted by molar-refractivity contribution is 5.98. The summed E-state index contributed by atoms with van der Waals surface area (Å²) in [7, 11) is 1.61. The van der Waals surface area contributed by atoms with Gasteiger partial charge in [-0.05, 0) is 69.5 Å². The van der Waals surface area contributed by atoms with Gasteiger partial charge >= 0.3 is 0 Å². The number of anilines is 1. The number of carbonyl (C=O) groups excluding carboxylic acids is 3. The molecule has 2 amide bonds. The molecule has 7 heteroatoms. The first kappa shape index (κ1) is 26.0. The number of ketones is 1. The lowest BCUT2D eigenvalue weighted by molar-refractivity contribution is -0.126. The van der Waals surface area contributed by atoms with Crippen LogP contribution < -0.4 is 15.4 Å². The summed E-state index contributed by atoms with van der Waals surface area (Å²) in [4.78, 5) is 40.7. The van der Waals surface area contributed by atoms with E-state index in [9.17, 15) is 14.4 Å². The number of aromatic nitrogens is 1. The van der Waals surface area contributed by atoms with E-state index in [1.807, 2.05) is 56.3 Å². The molecule has 2 aromatic carbocycles. The van der Waals surface area contributed by atoms with E-state index in [-0.39, 0.29) is 24.0 Å². The maximum atomic E-state index is 13.1. The third-order valence-electron chi connectivity index (χ3n) is 6.16. The highest BCUT2D eigenvalue weighted by atomic mass is 16.5. The van der Waals surface area contributed by atoms with Gasteiger partial charge in [-0.1, -0.05) is 30.5 Å². The van der Waals surface area contributed by atoms with Gasteiger partial charge in [0.15, 0.2) is 0 Å². The van der Waals surface area contributed by atoms with Crippen molar-refractivity contribution in [3.8, 4) is 5.75 Å². The van der Waals surface area contributed by atoms with E-state index in [2.05, 4.69) is 15.6 Å². The number of aromatic amines is 1. The average molecular weight is 478 g/mol. The summed E-state index contributed by atoms with van der Waals surface area (Å²) in [5, 5.41) is 6.79. The molecule has 0 saturated heterocycles. The number of unbranched alkanes of at least 4 members (excludes halogenated alkanes) is 2. The topological polar surface area (TPSA) is 100 Å². The Morgan fingerprint density at radius 1 is 1.00 bits per heavy atom. The van der Waals surface area contributed by atoms with E-state index in [1.165, 1.54) is 0 Å². The Kier molecular flexibility index (Phi) is 9.06. The third kappa shape index (κ3) is 7.44. The summed E-state index contributed by atoms with van der Waals surface area (Å²) in [6.07, 6.45) is 3.54. The third-order valence-corrected chi connectivity index (χ3v) is 6.16. The summed E-state index contributed by atoms with van der Waals surface area (Å²) in [6, 6.07) is 12.6. The van der Waals surface area contributed by atoms with Crippen LogP contribution in [-0.4, -0.2) is 35.7 Å². The van der Waals surface area contributed by atoms with Crippen LogP contribution in [0.5, 0.6) is 5.75 Å². The molecule has 0 aliphatic heterocycles. The normalized spacial score (nSPS) is 11.8. The highest BCUT2D eigenvalue weighted by Gasteiger charge is 2.22. The summed E-state index contributed by atoms with van der Waals surface area (Å²) in [5.74, 6) is 0.424. The fourth-order valence-corrected chi connectivity index (χ4v) is 4.16. The standard InChI is InChI=1S/C28H35N3O4/c1-18-10-12-21(13-11-18)30-28(34)26(9-7-5-6-8-19(2)32)31-27(33)17-23-20(3)29-25-15-14-22(35-4)16-24(23)25/h10-16,26,29H,5-9,17H2,1-4H3,(H,30,34)(H,31,33)/t26-/m0/s1. The molecule has 1 atom stereocenters. The fraction of sp³-hybridized carbons (Fsp3) is 0.393. The van der Waals surface area contributed by atoms with Gasteiger partial charge in [0.2, 0.25) is 11.8 Å². The molecule has 3 rings (SSSR count). The molecular formula is C28H35N3O4. The van der Waals surface area contributed by atoms with Crippen molar-refractivity contribution < 1.29 is 19.1 Å². The van der Waals surface area contributed by atoms with Crippen LogP contribution >= 0.6 is 0 Å². The first-order chi connectivity index (χ1) is 16.8. The van der Waals surface area contributed by atoms with Crippen LogP contribution in [-0.2, 0) is 20.8 Å². The molecule has 7 nitrogen and oxygen atoms in total. The molecule has 0 aliphatic carbocycles. The minimum absolute atomic E-state index is 0.150. The van der Waals surface area contributed by atoms with E-state index < -0.39 is 6.04 Å². The summed E-state index contributed by atoms with van der Waals surface area (Å²) in [6.45, 7) is 5.50. The minimum Gasteiger partial charge on any atom is -0.497 e. The monoisotopic (exact) mass is 477 g/mol.